The molecule has 3 aromatic heterocycles. The quantitative estimate of drug-likeness (QED) is 0.698. The predicted molar refractivity (Wildman–Crippen MR) is 59.9 cm³/mol. The summed E-state index contributed by atoms with van der Waals surface area (Å²) in [6.45, 7) is 0. The molecule has 0 amide bonds. The van der Waals surface area contributed by atoms with Crippen LogP contribution in [0.4, 0.5) is 0 Å². The van der Waals surface area contributed by atoms with Gasteiger partial charge < -0.3 is 14.6 Å². The van der Waals surface area contributed by atoms with Crippen LogP contribution < -0.4 is 0 Å². The average Bonchev–Trinajstić information content (AvgIpc) is 3.08. The summed E-state index contributed by atoms with van der Waals surface area (Å²) in [5, 5.41) is 12.7. The molecule has 0 saturated heterocycles. The first kappa shape index (κ1) is 11.0. The largest absolute Gasteiger partial charge is 0.476 e. The molecule has 19 heavy (non-hydrogen) atoms. The highest BCUT2D eigenvalue weighted by Gasteiger charge is 2.20. The fraction of sp³-hybridized carbons (Fsp3) is 0. The Kier molecular flexibility index (Phi) is 2.49. The van der Waals surface area contributed by atoms with E-state index < -0.39 is 5.97 Å². The summed E-state index contributed by atoms with van der Waals surface area (Å²) in [5.41, 5.74) is 0.444. The van der Waals surface area contributed by atoms with Gasteiger partial charge in [-0.15, -0.1) is 0 Å². The predicted octanol–water partition coefficient (Wildman–Crippen LogP) is 0.615. The zero-order valence-corrected chi connectivity index (χ0v) is 9.31. The molecule has 0 saturated carbocycles. The molecule has 3 aromatic rings. The summed E-state index contributed by atoms with van der Waals surface area (Å²) in [7, 11) is 0. The molecule has 0 aliphatic carbocycles. The minimum atomic E-state index is -1.18. The fourth-order valence-corrected chi connectivity index (χ4v) is 1.47. The third-order valence-electron chi connectivity index (χ3n) is 2.29. The van der Waals surface area contributed by atoms with Crippen LogP contribution in [0.3, 0.4) is 0 Å². The molecule has 0 spiro atoms. The first-order valence-electron chi connectivity index (χ1n) is 5.13. The van der Waals surface area contributed by atoms with Gasteiger partial charge in [0.1, 0.15) is 17.7 Å². The van der Waals surface area contributed by atoms with Crippen LogP contribution in [0.15, 0.2) is 29.4 Å². The highest BCUT2D eigenvalue weighted by atomic mass is 16.5. The number of aromatic carboxylic acids is 1. The van der Waals surface area contributed by atoms with Crippen molar-refractivity contribution in [1.29, 1.82) is 0 Å². The van der Waals surface area contributed by atoms with Crippen LogP contribution in [0.2, 0.25) is 0 Å². The van der Waals surface area contributed by atoms with Crippen LogP contribution >= 0.6 is 0 Å². The smallest absolute Gasteiger partial charge is 0.356 e. The second kappa shape index (κ2) is 4.29. The molecule has 3 heterocycles. The summed E-state index contributed by atoms with van der Waals surface area (Å²) in [6, 6.07) is 1.61. The number of carboxylic acids is 1. The zero-order chi connectivity index (χ0) is 13.2. The number of aromatic amines is 1. The van der Waals surface area contributed by atoms with Crippen molar-refractivity contribution in [3.63, 3.8) is 0 Å². The first-order valence-corrected chi connectivity index (χ1v) is 5.13. The van der Waals surface area contributed by atoms with Crippen LogP contribution in [-0.2, 0) is 0 Å². The Hall–Kier alpha value is -3.10. The molecule has 0 aromatic carbocycles. The minimum Gasteiger partial charge on any atom is -0.476 e. The van der Waals surface area contributed by atoms with E-state index >= 15 is 0 Å². The van der Waals surface area contributed by atoms with E-state index in [1.807, 2.05) is 0 Å². The van der Waals surface area contributed by atoms with Gasteiger partial charge in [0, 0.05) is 6.20 Å². The maximum atomic E-state index is 10.9. The number of aromatic nitrogens is 6. The SMILES string of the molecule is O=C(O)c1nc[nH]c1-c1nc(-c2ccncn2)no1. The zero-order valence-electron chi connectivity index (χ0n) is 9.31. The summed E-state index contributed by atoms with van der Waals surface area (Å²) in [6.07, 6.45) is 4.13. The summed E-state index contributed by atoms with van der Waals surface area (Å²) in [5.74, 6) is -0.912. The van der Waals surface area contributed by atoms with E-state index in [-0.39, 0.29) is 23.1 Å². The monoisotopic (exact) mass is 258 g/mol. The third-order valence-corrected chi connectivity index (χ3v) is 2.29. The van der Waals surface area contributed by atoms with Crippen molar-refractivity contribution in [1.82, 2.24) is 30.1 Å². The maximum absolute atomic E-state index is 10.9. The van der Waals surface area contributed by atoms with Crippen molar-refractivity contribution in [2.24, 2.45) is 0 Å². The number of carbonyl (C=O) groups is 1. The molecule has 0 aliphatic heterocycles. The summed E-state index contributed by atoms with van der Waals surface area (Å²) < 4.78 is 5.00. The topological polar surface area (TPSA) is 131 Å². The number of nitrogens with zero attached hydrogens (tertiary/aromatic N) is 5. The van der Waals surface area contributed by atoms with Gasteiger partial charge in [0.05, 0.1) is 6.33 Å². The van der Waals surface area contributed by atoms with Gasteiger partial charge in [0.25, 0.3) is 5.89 Å². The van der Waals surface area contributed by atoms with Crippen LogP contribution in [0.5, 0.6) is 0 Å². The van der Waals surface area contributed by atoms with E-state index in [4.69, 9.17) is 9.63 Å². The van der Waals surface area contributed by atoms with Gasteiger partial charge in [-0.25, -0.2) is 19.7 Å². The number of hydrogen-bond donors (Lipinski definition) is 2. The Balaban J connectivity index is 2.02. The lowest BCUT2D eigenvalue weighted by atomic mass is 10.3. The number of carboxylic acid groups (broad SMARTS) is 1. The van der Waals surface area contributed by atoms with Crippen LogP contribution in [-0.4, -0.2) is 41.2 Å². The Morgan fingerprint density at radius 1 is 1.37 bits per heavy atom. The fourth-order valence-electron chi connectivity index (χ4n) is 1.47. The molecule has 0 aliphatic rings. The second-order valence-electron chi connectivity index (χ2n) is 3.45. The van der Waals surface area contributed by atoms with Crippen molar-refractivity contribution in [2.45, 2.75) is 0 Å². The number of imidazole rings is 1. The molecule has 9 nitrogen and oxygen atoms in total. The minimum absolute atomic E-state index is 0.0310. The number of nitrogens with one attached hydrogen (secondary N) is 1. The lowest BCUT2D eigenvalue weighted by molar-refractivity contribution is 0.0691. The second-order valence-corrected chi connectivity index (χ2v) is 3.45. The van der Waals surface area contributed by atoms with Crippen LogP contribution in [0, 0.1) is 0 Å². The average molecular weight is 258 g/mol. The Bertz CT molecular complexity index is 720. The number of H-pyrrole nitrogens is 1. The lowest BCUT2D eigenvalue weighted by Crippen LogP contribution is -1.99. The first-order chi connectivity index (χ1) is 9.25. The van der Waals surface area contributed by atoms with Crippen molar-refractivity contribution < 1.29 is 14.4 Å². The van der Waals surface area contributed by atoms with Crippen LogP contribution in [0.1, 0.15) is 10.5 Å². The number of rotatable bonds is 3. The lowest BCUT2D eigenvalue weighted by Gasteiger charge is -1.91. The van der Waals surface area contributed by atoms with Crippen molar-refractivity contribution in [2.75, 3.05) is 0 Å². The van der Waals surface area contributed by atoms with Crippen molar-refractivity contribution >= 4 is 5.97 Å². The van der Waals surface area contributed by atoms with Gasteiger partial charge in [-0.2, -0.15) is 4.98 Å². The molecule has 9 heteroatoms. The highest BCUT2D eigenvalue weighted by molar-refractivity contribution is 5.91. The molecule has 0 unspecified atom stereocenters. The van der Waals surface area contributed by atoms with Gasteiger partial charge in [-0.3, -0.25) is 0 Å². The molecule has 3 rings (SSSR count). The number of hydrogen-bond acceptors (Lipinski definition) is 7. The molecule has 0 atom stereocenters. The Morgan fingerprint density at radius 2 is 2.26 bits per heavy atom. The van der Waals surface area contributed by atoms with E-state index in [9.17, 15) is 4.79 Å². The van der Waals surface area contributed by atoms with Crippen LogP contribution in [0.25, 0.3) is 23.1 Å². The van der Waals surface area contributed by atoms with Gasteiger partial charge in [-0.1, -0.05) is 5.16 Å². The highest BCUT2D eigenvalue weighted by Crippen LogP contribution is 2.21. The van der Waals surface area contributed by atoms with Gasteiger partial charge >= 0.3 is 5.97 Å². The molecule has 2 N–H and O–H groups in total. The molecule has 94 valence electrons. The van der Waals surface area contributed by atoms with Gasteiger partial charge in [-0.05, 0) is 6.07 Å². The Morgan fingerprint density at radius 3 is 3.00 bits per heavy atom. The molecule has 0 radical (unpaired) electrons. The van der Waals surface area contributed by atoms with Gasteiger partial charge in [0.15, 0.2) is 5.69 Å². The summed E-state index contributed by atoms with van der Waals surface area (Å²) in [4.78, 5) is 29.1. The Labute approximate surface area is 105 Å². The van der Waals surface area contributed by atoms with E-state index in [2.05, 4.69) is 30.1 Å². The molecular formula is C10H6N6O3. The normalized spacial score (nSPS) is 10.5. The molecule has 0 bridgehead atoms. The summed E-state index contributed by atoms with van der Waals surface area (Å²) >= 11 is 0. The van der Waals surface area contributed by atoms with E-state index in [0.717, 1.165) is 0 Å². The molecule has 0 fully saturated rings. The van der Waals surface area contributed by atoms with Gasteiger partial charge in [0.2, 0.25) is 5.82 Å². The van der Waals surface area contributed by atoms with E-state index in [1.54, 1.807) is 6.07 Å². The third kappa shape index (κ3) is 1.92. The standard InChI is InChI=1S/C10H6N6O3/c17-10(18)7-6(13-4-14-7)9-15-8(16-19-9)5-1-2-11-3-12-5/h1-4H,(H,13,14)(H,17,18). The van der Waals surface area contributed by atoms with Crippen molar-refractivity contribution in [3.8, 4) is 23.1 Å². The molecular weight excluding hydrogens is 252 g/mol. The van der Waals surface area contributed by atoms with E-state index in [1.165, 1.54) is 18.9 Å². The maximum Gasteiger partial charge on any atom is 0.356 e. The van der Waals surface area contributed by atoms with Crippen molar-refractivity contribution in [3.05, 3.63) is 30.6 Å². The van der Waals surface area contributed by atoms with E-state index in [0.29, 0.717) is 5.69 Å².